The predicted molar refractivity (Wildman–Crippen MR) is 37.9 cm³/mol. The van der Waals surface area contributed by atoms with E-state index < -0.39 is 0 Å². The fourth-order valence-electron chi connectivity index (χ4n) is 0.341. The van der Waals surface area contributed by atoms with Gasteiger partial charge in [0.1, 0.15) is 0 Å². The van der Waals surface area contributed by atoms with Crippen molar-refractivity contribution in [1.29, 1.82) is 0 Å². The number of nitrogens with one attached hydrogen (secondary N) is 1. The highest BCUT2D eigenvalue weighted by Gasteiger charge is 1.85. The van der Waals surface area contributed by atoms with E-state index in [2.05, 4.69) is 10.3 Å². The SMILES string of the molecule is CCC/C=N\C(=O)NC. The Morgan fingerprint density at radius 3 is 2.89 bits per heavy atom. The van der Waals surface area contributed by atoms with Gasteiger partial charge in [-0.3, -0.25) is 0 Å². The van der Waals surface area contributed by atoms with Crippen LogP contribution in [0.5, 0.6) is 0 Å². The smallest absolute Gasteiger partial charge is 0.339 e. The topological polar surface area (TPSA) is 41.5 Å². The summed E-state index contributed by atoms with van der Waals surface area (Å²) in [7, 11) is 1.56. The first-order valence-corrected chi connectivity index (χ1v) is 3.05. The number of hydrogen-bond acceptors (Lipinski definition) is 1. The summed E-state index contributed by atoms with van der Waals surface area (Å²) in [5, 5.41) is 2.39. The zero-order valence-electron chi connectivity index (χ0n) is 5.85. The van der Waals surface area contributed by atoms with Crippen LogP contribution in [-0.4, -0.2) is 19.3 Å². The molecular weight excluding hydrogens is 116 g/mol. The van der Waals surface area contributed by atoms with Crippen molar-refractivity contribution in [3.05, 3.63) is 0 Å². The lowest BCUT2D eigenvalue weighted by atomic mass is 10.4. The molecular formula is C6H12N2O. The van der Waals surface area contributed by atoms with Gasteiger partial charge in [0.15, 0.2) is 0 Å². The minimum atomic E-state index is -0.275. The zero-order valence-corrected chi connectivity index (χ0v) is 5.85. The van der Waals surface area contributed by atoms with Crippen molar-refractivity contribution in [1.82, 2.24) is 5.32 Å². The second-order valence-corrected chi connectivity index (χ2v) is 1.66. The molecule has 52 valence electrons. The van der Waals surface area contributed by atoms with E-state index in [0.717, 1.165) is 12.8 Å². The largest absolute Gasteiger partial charge is 0.340 e. The molecule has 0 radical (unpaired) electrons. The Labute approximate surface area is 55.2 Å². The van der Waals surface area contributed by atoms with Crippen LogP contribution in [0.15, 0.2) is 4.99 Å². The van der Waals surface area contributed by atoms with Crippen molar-refractivity contribution in [3.63, 3.8) is 0 Å². The first kappa shape index (κ1) is 8.14. The first-order chi connectivity index (χ1) is 4.31. The molecule has 0 aliphatic heterocycles. The second kappa shape index (κ2) is 5.28. The van der Waals surface area contributed by atoms with Gasteiger partial charge in [0.2, 0.25) is 0 Å². The van der Waals surface area contributed by atoms with Crippen molar-refractivity contribution >= 4 is 12.2 Å². The highest BCUT2D eigenvalue weighted by molar-refractivity contribution is 5.83. The number of urea groups is 1. The van der Waals surface area contributed by atoms with Gasteiger partial charge < -0.3 is 5.32 Å². The minimum Gasteiger partial charge on any atom is -0.339 e. The van der Waals surface area contributed by atoms with E-state index in [1.807, 2.05) is 6.92 Å². The molecule has 3 nitrogen and oxygen atoms in total. The molecule has 0 aromatic heterocycles. The van der Waals surface area contributed by atoms with E-state index in [1.165, 1.54) is 0 Å². The summed E-state index contributed by atoms with van der Waals surface area (Å²) < 4.78 is 0. The minimum absolute atomic E-state index is 0.275. The molecule has 0 bridgehead atoms. The van der Waals surface area contributed by atoms with Gasteiger partial charge in [-0.25, -0.2) is 9.79 Å². The summed E-state index contributed by atoms with van der Waals surface area (Å²) in [5.74, 6) is 0. The number of rotatable bonds is 2. The van der Waals surface area contributed by atoms with E-state index in [9.17, 15) is 4.79 Å². The fourth-order valence-corrected chi connectivity index (χ4v) is 0.341. The van der Waals surface area contributed by atoms with Gasteiger partial charge in [0, 0.05) is 13.3 Å². The third kappa shape index (κ3) is 5.00. The van der Waals surface area contributed by atoms with Crippen molar-refractivity contribution in [3.8, 4) is 0 Å². The molecule has 0 aromatic carbocycles. The maximum absolute atomic E-state index is 10.4. The standard InChI is InChI=1S/C6H12N2O/c1-3-4-5-8-6(9)7-2/h5H,3-4H2,1-2H3,(H,7,9)/b8-5-. The fraction of sp³-hybridized carbons (Fsp3) is 0.667. The Balaban J connectivity index is 3.32. The van der Waals surface area contributed by atoms with Gasteiger partial charge in [-0.1, -0.05) is 13.3 Å². The Hall–Kier alpha value is -0.860. The summed E-state index contributed by atoms with van der Waals surface area (Å²) in [6, 6.07) is -0.275. The average molecular weight is 128 g/mol. The van der Waals surface area contributed by atoms with Gasteiger partial charge in [0.25, 0.3) is 0 Å². The maximum Gasteiger partial charge on any atom is 0.340 e. The van der Waals surface area contributed by atoms with Crippen LogP contribution in [0.1, 0.15) is 19.8 Å². The normalized spacial score (nSPS) is 10.0. The van der Waals surface area contributed by atoms with E-state index in [4.69, 9.17) is 0 Å². The highest BCUT2D eigenvalue weighted by atomic mass is 16.2. The van der Waals surface area contributed by atoms with Crippen LogP contribution >= 0.6 is 0 Å². The lowest BCUT2D eigenvalue weighted by Gasteiger charge is -1.87. The van der Waals surface area contributed by atoms with Crippen molar-refractivity contribution < 1.29 is 4.79 Å². The highest BCUT2D eigenvalue weighted by Crippen LogP contribution is 1.80. The molecule has 0 rings (SSSR count). The lowest BCUT2D eigenvalue weighted by molar-refractivity contribution is 0.251. The summed E-state index contributed by atoms with van der Waals surface area (Å²) in [4.78, 5) is 13.9. The maximum atomic E-state index is 10.4. The van der Waals surface area contributed by atoms with E-state index >= 15 is 0 Å². The zero-order chi connectivity index (χ0) is 7.11. The summed E-state index contributed by atoms with van der Waals surface area (Å²) in [6.45, 7) is 2.04. The number of hydrogen-bond donors (Lipinski definition) is 1. The first-order valence-electron chi connectivity index (χ1n) is 3.05. The molecule has 1 N–H and O–H groups in total. The lowest BCUT2D eigenvalue weighted by Crippen LogP contribution is -2.12. The molecule has 0 unspecified atom stereocenters. The van der Waals surface area contributed by atoms with Crippen LogP contribution in [-0.2, 0) is 0 Å². The van der Waals surface area contributed by atoms with Crippen LogP contribution in [0.2, 0.25) is 0 Å². The van der Waals surface area contributed by atoms with Gasteiger partial charge in [-0.2, -0.15) is 0 Å². The van der Waals surface area contributed by atoms with Gasteiger partial charge in [0.05, 0.1) is 0 Å². The molecule has 0 aliphatic carbocycles. The number of unbranched alkanes of at least 4 members (excludes halogenated alkanes) is 1. The van der Waals surface area contributed by atoms with Crippen LogP contribution in [0.4, 0.5) is 4.79 Å². The molecule has 0 saturated heterocycles. The Kier molecular flexibility index (Phi) is 4.78. The van der Waals surface area contributed by atoms with Crippen LogP contribution in [0.25, 0.3) is 0 Å². The second-order valence-electron chi connectivity index (χ2n) is 1.66. The van der Waals surface area contributed by atoms with E-state index in [-0.39, 0.29) is 6.03 Å². The average Bonchev–Trinajstić information content (AvgIpc) is 1.89. The molecule has 9 heavy (non-hydrogen) atoms. The van der Waals surface area contributed by atoms with E-state index in [0.29, 0.717) is 0 Å². The molecule has 0 atom stereocenters. The van der Waals surface area contributed by atoms with Crippen molar-refractivity contribution in [2.24, 2.45) is 4.99 Å². The Morgan fingerprint density at radius 1 is 1.78 bits per heavy atom. The number of carbonyl (C=O) groups excluding carboxylic acids is 1. The molecule has 3 heteroatoms. The van der Waals surface area contributed by atoms with Crippen LogP contribution in [0, 0.1) is 0 Å². The molecule has 2 amide bonds. The summed E-state index contributed by atoms with van der Waals surface area (Å²) in [5.41, 5.74) is 0. The van der Waals surface area contributed by atoms with Gasteiger partial charge in [-0.15, -0.1) is 0 Å². The molecule has 0 aliphatic rings. The quantitative estimate of drug-likeness (QED) is 0.558. The molecule has 0 aromatic rings. The Morgan fingerprint density at radius 2 is 2.44 bits per heavy atom. The van der Waals surface area contributed by atoms with Crippen molar-refractivity contribution in [2.45, 2.75) is 19.8 Å². The monoisotopic (exact) mass is 128 g/mol. The predicted octanol–water partition coefficient (Wildman–Crippen LogP) is 1.20. The number of nitrogens with zero attached hydrogens (tertiary/aromatic N) is 1. The number of carbonyl (C=O) groups is 1. The Bertz CT molecular complexity index is 110. The van der Waals surface area contributed by atoms with Gasteiger partial charge >= 0.3 is 6.03 Å². The summed E-state index contributed by atoms with van der Waals surface area (Å²) in [6.07, 6.45) is 3.52. The van der Waals surface area contributed by atoms with Crippen molar-refractivity contribution in [2.75, 3.05) is 7.05 Å². The molecule has 0 saturated carbocycles. The molecule has 0 spiro atoms. The molecule has 0 fully saturated rings. The van der Waals surface area contributed by atoms with E-state index in [1.54, 1.807) is 13.3 Å². The van der Waals surface area contributed by atoms with Gasteiger partial charge in [-0.05, 0) is 6.42 Å². The molecule has 0 heterocycles. The third-order valence-electron chi connectivity index (χ3n) is 0.840. The number of amides is 2. The summed E-state index contributed by atoms with van der Waals surface area (Å²) >= 11 is 0. The van der Waals surface area contributed by atoms with Crippen LogP contribution < -0.4 is 5.32 Å². The third-order valence-corrected chi connectivity index (χ3v) is 0.840. The van der Waals surface area contributed by atoms with Crippen LogP contribution in [0.3, 0.4) is 0 Å². The number of aliphatic imine (C=N–C) groups is 1.